The zero-order valence-electron chi connectivity index (χ0n) is 16.6. The highest BCUT2D eigenvalue weighted by Crippen LogP contribution is 2.30. The zero-order chi connectivity index (χ0) is 23.2. The topological polar surface area (TPSA) is 170 Å². The average molecular weight is 486 g/mol. The summed E-state index contributed by atoms with van der Waals surface area (Å²) in [5.74, 6) is 0. The Bertz CT molecular complexity index is 1280. The number of ether oxygens (including phenoxy) is 1. The fourth-order valence-electron chi connectivity index (χ4n) is 2.60. The first-order chi connectivity index (χ1) is 16.0. The van der Waals surface area contributed by atoms with Crippen molar-refractivity contribution in [3.63, 3.8) is 0 Å². The lowest BCUT2D eigenvalue weighted by Gasteiger charge is -1.96. The van der Waals surface area contributed by atoms with Crippen LogP contribution >= 0.6 is 22.7 Å². The first-order valence-corrected chi connectivity index (χ1v) is 10.9. The summed E-state index contributed by atoms with van der Waals surface area (Å²) >= 11 is 2.51. The number of hydrogen-bond acceptors (Lipinski definition) is 13. The Hall–Kier alpha value is -4.08. The highest BCUT2D eigenvalue weighted by atomic mass is 32.1. The molecular weight excluding hydrogens is 472 g/mol. The molecular formula is C18H14N8O5S2. The van der Waals surface area contributed by atoms with Gasteiger partial charge in [-0.05, 0) is 12.1 Å². The molecule has 0 spiro atoms. The summed E-state index contributed by atoms with van der Waals surface area (Å²) in [7, 11) is 0. The fourth-order valence-corrected chi connectivity index (χ4v) is 4.30. The fraction of sp³-hybridized carbons (Fsp3) is 0.111. The SMILES string of the molecule is O=[N+]([O-])c1ccc2nc(NN=CCOCC=NNc3nc4ccc([N+](=O)[O-])cc4s3)sc2c1. The van der Waals surface area contributed by atoms with Crippen LogP contribution in [-0.4, -0.2) is 45.5 Å². The molecule has 2 aromatic carbocycles. The van der Waals surface area contributed by atoms with Gasteiger partial charge in [0.15, 0.2) is 0 Å². The largest absolute Gasteiger partial charge is 0.370 e. The van der Waals surface area contributed by atoms with Gasteiger partial charge in [-0.15, -0.1) is 0 Å². The molecule has 33 heavy (non-hydrogen) atoms. The van der Waals surface area contributed by atoms with E-state index in [0.717, 1.165) is 0 Å². The van der Waals surface area contributed by atoms with Gasteiger partial charge in [-0.1, -0.05) is 22.7 Å². The smallest absolute Gasteiger partial charge is 0.270 e. The Morgan fingerprint density at radius 2 is 1.30 bits per heavy atom. The van der Waals surface area contributed by atoms with Crippen molar-refractivity contribution in [3.8, 4) is 0 Å². The van der Waals surface area contributed by atoms with Gasteiger partial charge in [-0.3, -0.25) is 31.1 Å². The lowest BCUT2D eigenvalue weighted by molar-refractivity contribution is -0.384. The number of nitro groups is 2. The van der Waals surface area contributed by atoms with Crippen LogP contribution in [0.1, 0.15) is 0 Å². The quantitative estimate of drug-likeness (QED) is 0.144. The van der Waals surface area contributed by atoms with Gasteiger partial charge in [0.25, 0.3) is 11.4 Å². The maximum atomic E-state index is 10.8. The molecule has 0 atom stereocenters. The molecule has 0 saturated heterocycles. The Balaban J connectivity index is 1.19. The number of benzene rings is 2. The van der Waals surface area contributed by atoms with Gasteiger partial charge in [0.1, 0.15) is 0 Å². The van der Waals surface area contributed by atoms with Gasteiger partial charge in [0.05, 0.1) is 55.9 Å². The van der Waals surface area contributed by atoms with Crippen LogP contribution in [0.3, 0.4) is 0 Å². The second-order valence-electron chi connectivity index (χ2n) is 6.24. The summed E-state index contributed by atoms with van der Waals surface area (Å²) in [5, 5.41) is 30.7. The van der Waals surface area contributed by atoms with Gasteiger partial charge in [0.2, 0.25) is 10.3 Å². The molecule has 0 aliphatic rings. The number of non-ortho nitro benzene ring substituents is 2. The Kier molecular flexibility index (Phi) is 6.72. The van der Waals surface area contributed by atoms with Gasteiger partial charge in [0, 0.05) is 24.3 Å². The summed E-state index contributed by atoms with van der Waals surface area (Å²) in [6.45, 7) is 0.445. The average Bonchev–Trinajstić information content (AvgIpc) is 3.39. The number of aromatic nitrogens is 2. The monoisotopic (exact) mass is 486 g/mol. The summed E-state index contributed by atoms with van der Waals surface area (Å²) in [6, 6.07) is 8.93. The van der Waals surface area contributed by atoms with Crippen molar-refractivity contribution in [1.82, 2.24) is 9.97 Å². The Labute approximate surface area is 192 Å². The van der Waals surface area contributed by atoms with Gasteiger partial charge in [-0.2, -0.15) is 10.2 Å². The van der Waals surface area contributed by atoms with E-state index in [9.17, 15) is 20.2 Å². The van der Waals surface area contributed by atoms with Gasteiger partial charge in [-0.25, -0.2) is 9.97 Å². The first kappa shape index (κ1) is 22.1. The molecule has 0 fully saturated rings. The molecule has 2 N–H and O–H groups in total. The predicted molar refractivity (Wildman–Crippen MR) is 128 cm³/mol. The van der Waals surface area contributed by atoms with Crippen molar-refractivity contribution in [2.45, 2.75) is 0 Å². The van der Waals surface area contributed by atoms with E-state index in [-0.39, 0.29) is 24.6 Å². The predicted octanol–water partition coefficient (Wildman–Crippen LogP) is 4.23. The van der Waals surface area contributed by atoms with E-state index >= 15 is 0 Å². The van der Waals surface area contributed by atoms with E-state index < -0.39 is 9.85 Å². The second kappa shape index (κ2) is 10.0. The van der Waals surface area contributed by atoms with Crippen molar-refractivity contribution in [2.75, 3.05) is 24.1 Å². The number of fused-ring (bicyclic) bond motifs is 2. The minimum absolute atomic E-state index is 0.0119. The van der Waals surface area contributed by atoms with Crippen LogP contribution in [0.15, 0.2) is 46.6 Å². The van der Waals surface area contributed by atoms with Crippen molar-refractivity contribution in [2.24, 2.45) is 10.2 Å². The van der Waals surface area contributed by atoms with Crippen molar-refractivity contribution in [1.29, 1.82) is 0 Å². The molecule has 168 valence electrons. The third-order valence-corrected chi connectivity index (χ3v) is 5.90. The third-order valence-electron chi connectivity index (χ3n) is 4.05. The molecule has 0 radical (unpaired) electrons. The number of rotatable bonds is 10. The van der Waals surface area contributed by atoms with E-state index in [4.69, 9.17) is 4.74 Å². The molecule has 4 aromatic rings. The number of anilines is 2. The number of nitrogens with zero attached hydrogens (tertiary/aromatic N) is 6. The number of hydrogen-bond donors (Lipinski definition) is 2. The standard InChI is InChI=1S/C18H14N8O5S2/c27-25(28)11-1-3-13-15(9-11)32-17(21-13)23-19-5-7-31-8-6-20-24-18-22-14-4-2-12(26(29)30)10-16(14)33-18/h1-6,9-10H,7-8H2,(H,21,23)(H,22,24). The van der Waals surface area contributed by atoms with Crippen molar-refractivity contribution >= 4 is 77.2 Å². The van der Waals surface area contributed by atoms with Gasteiger partial charge < -0.3 is 4.74 Å². The van der Waals surface area contributed by atoms with E-state index in [0.29, 0.717) is 30.7 Å². The normalized spacial score (nSPS) is 11.6. The molecule has 0 saturated carbocycles. The summed E-state index contributed by atoms with van der Waals surface area (Å²) in [6.07, 6.45) is 3.02. The molecule has 2 aromatic heterocycles. The minimum Gasteiger partial charge on any atom is -0.370 e. The van der Waals surface area contributed by atoms with E-state index in [1.165, 1.54) is 59.4 Å². The van der Waals surface area contributed by atoms with Crippen LogP contribution in [0.4, 0.5) is 21.6 Å². The van der Waals surface area contributed by atoms with Crippen LogP contribution in [0.2, 0.25) is 0 Å². The van der Waals surface area contributed by atoms with E-state index in [1.807, 2.05) is 0 Å². The summed E-state index contributed by atoms with van der Waals surface area (Å²) in [5.41, 5.74) is 6.84. The molecule has 0 amide bonds. The van der Waals surface area contributed by atoms with E-state index in [2.05, 4.69) is 31.0 Å². The van der Waals surface area contributed by atoms with Gasteiger partial charge >= 0.3 is 0 Å². The van der Waals surface area contributed by atoms with Crippen LogP contribution in [-0.2, 0) is 4.74 Å². The summed E-state index contributed by atoms with van der Waals surface area (Å²) < 4.78 is 6.73. The molecule has 0 aliphatic carbocycles. The molecule has 0 unspecified atom stereocenters. The lowest BCUT2D eigenvalue weighted by atomic mass is 10.3. The molecule has 4 rings (SSSR count). The highest BCUT2D eigenvalue weighted by molar-refractivity contribution is 7.22. The minimum atomic E-state index is -0.451. The Morgan fingerprint density at radius 1 is 0.848 bits per heavy atom. The maximum Gasteiger partial charge on any atom is 0.270 e. The highest BCUT2D eigenvalue weighted by Gasteiger charge is 2.10. The van der Waals surface area contributed by atoms with Crippen LogP contribution < -0.4 is 10.9 Å². The number of nitrogens with one attached hydrogen (secondary N) is 2. The summed E-state index contributed by atoms with van der Waals surface area (Å²) in [4.78, 5) is 29.3. The Morgan fingerprint density at radius 3 is 1.73 bits per heavy atom. The molecule has 2 heterocycles. The molecule has 0 bridgehead atoms. The maximum absolute atomic E-state index is 10.8. The lowest BCUT2D eigenvalue weighted by Crippen LogP contribution is -2.01. The molecule has 15 heteroatoms. The third kappa shape index (κ3) is 5.59. The van der Waals surface area contributed by atoms with Crippen LogP contribution in [0.25, 0.3) is 20.4 Å². The van der Waals surface area contributed by atoms with Crippen LogP contribution in [0, 0.1) is 20.2 Å². The van der Waals surface area contributed by atoms with Crippen LogP contribution in [0.5, 0.6) is 0 Å². The molecule has 0 aliphatic heterocycles. The number of thiazole rings is 2. The van der Waals surface area contributed by atoms with E-state index in [1.54, 1.807) is 12.1 Å². The zero-order valence-corrected chi connectivity index (χ0v) is 18.2. The second-order valence-corrected chi connectivity index (χ2v) is 8.30. The molecule has 13 nitrogen and oxygen atoms in total. The van der Waals surface area contributed by atoms with Crippen molar-refractivity contribution < 1.29 is 14.6 Å². The first-order valence-electron chi connectivity index (χ1n) is 9.22. The van der Waals surface area contributed by atoms with Crippen molar-refractivity contribution in [3.05, 3.63) is 56.6 Å². The number of hydrazone groups is 2. The number of nitro benzene ring substituents is 2.